The molecule has 1 aromatic carbocycles. The Bertz CT molecular complexity index is 939. The van der Waals surface area contributed by atoms with E-state index in [0.717, 1.165) is 69.3 Å². The molecule has 12 heteroatoms. The third kappa shape index (κ3) is 68.3. The van der Waals surface area contributed by atoms with Crippen molar-refractivity contribution >= 4 is 46.6 Å². The molecule has 0 aromatic heterocycles. The molecule has 0 saturated heterocycles. The van der Waals surface area contributed by atoms with Crippen molar-refractivity contribution in [3.05, 3.63) is 30.3 Å². The van der Waals surface area contributed by atoms with E-state index < -0.39 is 16.8 Å². The van der Waals surface area contributed by atoms with Gasteiger partial charge in [0.05, 0.1) is 0 Å². The monoisotopic (exact) mass is 850 g/mol. The van der Waals surface area contributed by atoms with E-state index >= 15 is 0 Å². The average Bonchev–Trinajstić information content (AvgIpc) is 3.12. The van der Waals surface area contributed by atoms with Crippen molar-refractivity contribution in [3.63, 3.8) is 0 Å². The molecule has 3 N–H and O–H groups in total. The number of unbranched alkanes of at least 4 members (excludes halogenated alkanes) is 6. The molecule has 0 saturated carbocycles. The maximum atomic E-state index is 11.1. The Morgan fingerprint density at radius 2 is 0.807 bits per heavy atom. The van der Waals surface area contributed by atoms with Gasteiger partial charge in [0.25, 0.3) is 0 Å². The van der Waals surface area contributed by atoms with Crippen molar-refractivity contribution < 1.29 is 33.3 Å². The molecule has 0 atom stereocenters. The summed E-state index contributed by atoms with van der Waals surface area (Å²) in [6.45, 7) is 39.3. The molecular formula is C45H91N3O7S2. The number of thiocarbonyl (C=S) groups is 1. The lowest BCUT2D eigenvalue weighted by atomic mass is 10.2. The minimum atomic E-state index is -0.394. The second-order valence-electron chi connectivity index (χ2n) is 14.5. The van der Waals surface area contributed by atoms with Crippen LogP contribution in [0.15, 0.2) is 30.3 Å². The number of amides is 3. The van der Waals surface area contributed by atoms with Crippen LogP contribution in [0.25, 0.3) is 0 Å². The van der Waals surface area contributed by atoms with Gasteiger partial charge >= 0.3 is 18.3 Å². The topological polar surface area (TPSA) is 124 Å². The molecule has 1 aromatic rings. The third-order valence-electron chi connectivity index (χ3n) is 5.55. The van der Waals surface area contributed by atoms with Crippen molar-refractivity contribution in [3.8, 4) is 5.75 Å². The lowest BCUT2D eigenvalue weighted by Crippen LogP contribution is -2.32. The van der Waals surface area contributed by atoms with E-state index in [1.165, 1.54) is 11.8 Å². The number of alkyl carbamates (subject to hydrolysis) is 3. The first-order chi connectivity index (χ1) is 26.7. The van der Waals surface area contributed by atoms with Gasteiger partial charge in [0, 0.05) is 19.6 Å². The Morgan fingerprint density at radius 1 is 0.526 bits per heavy atom. The molecule has 0 radical (unpaired) electrons. The van der Waals surface area contributed by atoms with Crippen LogP contribution in [0.4, 0.5) is 14.4 Å². The predicted octanol–water partition coefficient (Wildman–Crippen LogP) is 14.3. The van der Waals surface area contributed by atoms with Gasteiger partial charge in [-0.15, -0.1) is 0 Å². The van der Waals surface area contributed by atoms with Crippen molar-refractivity contribution in [2.45, 2.75) is 206 Å². The molecule has 1 rings (SSSR count). The van der Waals surface area contributed by atoms with Gasteiger partial charge in [-0.2, -0.15) is 0 Å². The fourth-order valence-electron chi connectivity index (χ4n) is 3.37. The normalized spacial score (nSPS) is 9.88. The highest BCUT2D eigenvalue weighted by Gasteiger charge is 2.16. The number of carbonyl (C=O) groups excluding carboxylic acids is 3. The van der Waals surface area contributed by atoms with Gasteiger partial charge in [0.1, 0.15) is 22.6 Å². The number of thioether (sulfide) groups is 1. The quantitative estimate of drug-likeness (QED) is 0.0953. The first-order valence-corrected chi connectivity index (χ1v) is 22.9. The first kappa shape index (κ1) is 66.1. The van der Waals surface area contributed by atoms with Crippen LogP contribution in [0.1, 0.15) is 189 Å². The van der Waals surface area contributed by atoms with Crippen molar-refractivity contribution in [2.24, 2.45) is 0 Å². The largest absolute Gasteiger partial charge is 0.444 e. The molecule has 0 aliphatic heterocycles. The lowest BCUT2D eigenvalue weighted by molar-refractivity contribution is 0.0515. The summed E-state index contributed by atoms with van der Waals surface area (Å²) >= 11 is 6.51. The molecular weight excluding hydrogens is 759 g/mol. The Labute approximate surface area is 362 Å². The minimum Gasteiger partial charge on any atom is -0.444 e. The first-order valence-electron chi connectivity index (χ1n) is 21.5. The molecule has 0 bridgehead atoms. The smallest absolute Gasteiger partial charge is 0.407 e. The summed E-state index contributed by atoms with van der Waals surface area (Å²) in [4.78, 5) is 33.3. The average molecular weight is 850 g/mol. The van der Waals surface area contributed by atoms with E-state index in [2.05, 4.69) is 36.7 Å². The molecule has 3 amide bonds. The summed E-state index contributed by atoms with van der Waals surface area (Å²) in [5, 5.41) is 8.14. The number of benzene rings is 1. The van der Waals surface area contributed by atoms with E-state index in [4.69, 9.17) is 31.2 Å². The Kier molecular flexibility index (Phi) is 53.3. The van der Waals surface area contributed by atoms with Crippen LogP contribution >= 0.6 is 24.0 Å². The fourth-order valence-corrected chi connectivity index (χ4v) is 4.21. The maximum Gasteiger partial charge on any atom is 0.407 e. The number of hydrogen-bond acceptors (Lipinski definition) is 9. The van der Waals surface area contributed by atoms with Gasteiger partial charge < -0.3 is 34.9 Å². The molecule has 340 valence electrons. The number of ether oxygens (including phenoxy) is 4. The summed E-state index contributed by atoms with van der Waals surface area (Å²) < 4.78 is 21.1. The van der Waals surface area contributed by atoms with E-state index in [1.54, 1.807) is 0 Å². The summed E-state index contributed by atoms with van der Waals surface area (Å²) in [6, 6.07) is 9.58. The van der Waals surface area contributed by atoms with Gasteiger partial charge in [-0.3, -0.25) is 0 Å². The summed E-state index contributed by atoms with van der Waals surface area (Å²) in [5.74, 6) is 1.76. The van der Waals surface area contributed by atoms with Gasteiger partial charge in [-0.1, -0.05) is 138 Å². The van der Waals surface area contributed by atoms with Crippen molar-refractivity contribution in [2.75, 3.05) is 25.4 Å². The summed E-state index contributed by atoms with van der Waals surface area (Å²) in [6.07, 6.45) is 9.06. The van der Waals surface area contributed by atoms with Crippen molar-refractivity contribution in [1.82, 2.24) is 16.0 Å². The fraction of sp³-hybridized carbons (Fsp3) is 0.778. The van der Waals surface area contributed by atoms with Crippen molar-refractivity contribution in [1.29, 1.82) is 0 Å². The van der Waals surface area contributed by atoms with Crippen LogP contribution in [0, 0.1) is 0 Å². The molecule has 0 aliphatic carbocycles. The molecule has 57 heavy (non-hydrogen) atoms. The van der Waals surface area contributed by atoms with Gasteiger partial charge in [0.15, 0.2) is 0 Å². The lowest BCUT2D eigenvalue weighted by Gasteiger charge is -2.19. The second-order valence-corrected chi connectivity index (χ2v) is 16.4. The molecule has 0 unspecified atom stereocenters. The maximum absolute atomic E-state index is 11.1. The van der Waals surface area contributed by atoms with Crippen LogP contribution in [0.3, 0.4) is 0 Å². The van der Waals surface area contributed by atoms with Crippen LogP contribution in [-0.4, -0.2) is 64.9 Å². The van der Waals surface area contributed by atoms with E-state index in [9.17, 15) is 14.4 Å². The summed E-state index contributed by atoms with van der Waals surface area (Å²) in [7, 11) is 0. The number of nitrogens with one attached hydrogen (secondary N) is 3. The zero-order valence-electron chi connectivity index (χ0n) is 40.3. The Balaban J connectivity index is -0.000000145. The predicted molar refractivity (Wildman–Crippen MR) is 253 cm³/mol. The second kappa shape index (κ2) is 46.0. The third-order valence-corrected chi connectivity index (χ3v) is 6.60. The standard InChI is InChI=1S/3C10H21NO2.C9H10OS2.3C2H6/c3*1-5-6-7-8-11-9(12)13-10(2,3)4;1-2-12-9(11)10-8-6-4-3-5-7-8;3*1-2/h3*5-8H2,1-4H3,(H,11,12);3-7H,2H2,1H3;3*1-2H3. The van der Waals surface area contributed by atoms with Crippen LogP contribution in [0.2, 0.25) is 0 Å². The van der Waals surface area contributed by atoms with Gasteiger partial charge in [-0.05, 0) is 112 Å². The summed E-state index contributed by atoms with van der Waals surface area (Å²) in [5.41, 5.74) is -1.18. The van der Waals surface area contributed by atoms with E-state index in [-0.39, 0.29) is 18.3 Å². The highest BCUT2D eigenvalue weighted by molar-refractivity contribution is 8.22. The highest BCUT2D eigenvalue weighted by atomic mass is 32.2. The zero-order valence-corrected chi connectivity index (χ0v) is 41.9. The number of para-hydroxylation sites is 1. The Morgan fingerprint density at radius 3 is 1.04 bits per heavy atom. The van der Waals surface area contributed by atoms with E-state index in [1.807, 2.05) is 141 Å². The van der Waals surface area contributed by atoms with Gasteiger partial charge in [-0.25, -0.2) is 14.4 Å². The van der Waals surface area contributed by atoms with Crippen LogP contribution < -0.4 is 20.7 Å². The molecule has 0 heterocycles. The van der Waals surface area contributed by atoms with Crippen LogP contribution in [0.5, 0.6) is 5.75 Å². The molecule has 0 aliphatic rings. The number of rotatable bonds is 14. The highest BCUT2D eigenvalue weighted by Crippen LogP contribution is 2.13. The molecule has 0 spiro atoms. The minimum absolute atomic E-state index is 0.316. The zero-order chi connectivity index (χ0) is 45.8. The van der Waals surface area contributed by atoms with Gasteiger partial charge in [0.2, 0.25) is 4.38 Å². The number of carbonyl (C=O) groups is 3. The number of hydrogen-bond donors (Lipinski definition) is 3. The molecule has 0 fully saturated rings. The SMILES string of the molecule is CC.CC.CC.CCCCCNC(=O)OC(C)(C)C.CCCCCNC(=O)OC(C)(C)C.CCCCCNC(=O)OC(C)(C)C.CCSC(=S)Oc1ccccc1. The Hall–Kier alpha value is -2.73. The van der Waals surface area contributed by atoms with E-state index in [0.29, 0.717) is 24.0 Å². The molecule has 10 nitrogen and oxygen atoms in total. The van der Waals surface area contributed by atoms with Crippen LogP contribution in [-0.2, 0) is 14.2 Å².